The molecule has 2 aromatic rings. The molecule has 0 aliphatic heterocycles. The molecule has 6 nitrogen and oxygen atoms in total. The second-order valence-electron chi connectivity index (χ2n) is 5.88. The average Bonchev–Trinajstić information content (AvgIpc) is 2.69. The minimum Gasteiger partial charge on any atom is -0.492 e. The molecule has 0 unspecified atom stereocenters. The number of halogens is 2. The Morgan fingerprint density at radius 3 is 2.48 bits per heavy atom. The lowest BCUT2D eigenvalue weighted by molar-refractivity contribution is 0.0954. The first-order chi connectivity index (χ1) is 14.0. The van der Waals surface area contributed by atoms with Crippen molar-refractivity contribution in [3.63, 3.8) is 0 Å². The molecule has 2 aromatic carbocycles. The Bertz CT molecular complexity index is 872. The molecule has 1 amide bonds. The van der Waals surface area contributed by atoms with Gasteiger partial charge in [0, 0.05) is 15.6 Å². The predicted octanol–water partition coefficient (Wildman–Crippen LogP) is 5.56. The van der Waals surface area contributed by atoms with Crippen LogP contribution in [0.15, 0.2) is 44.4 Å². The predicted molar refractivity (Wildman–Crippen MR) is 121 cm³/mol. The number of hydrogen-bond donors (Lipinski definition) is 1. The number of benzene rings is 2. The van der Waals surface area contributed by atoms with Crippen LogP contribution in [0.25, 0.3) is 0 Å². The summed E-state index contributed by atoms with van der Waals surface area (Å²) in [6, 6.07) is 8.81. The number of amides is 1. The Morgan fingerprint density at radius 2 is 1.79 bits per heavy atom. The summed E-state index contributed by atoms with van der Waals surface area (Å²) < 4.78 is 18.6. The molecule has 0 saturated carbocycles. The molecule has 0 aliphatic carbocycles. The maximum atomic E-state index is 12.5. The highest BCUT2D eigenvalue weighted by molar-refractivity contribution is 9.11. The SMILES string of the molecule is CCCOc1ccc(C(=O)N/N=C/c2cc(Br)cc(Br)c2OCC)cc1OCC. The fourth-order valence-electron chi connectivity index (χ4n) is 2.45. The maximum absolute atomic E-state index is 12.5. The van der Waals surface area contributed by atoms with Crippen molar-refractivity contribution in [3.05, 3.63) is 50.4 Å². The van der Waals surface area contributed by atoms with Gasteiger partial charge in [0.1, 0.15) is 5.75 Å². The number of nitrogens with zero attached hydrogens (tertiary/aromatic N) is 1. The molecule has 0 saturated heterocycles. The van der Waals surface area contributed by atoms with Crippen molar-refractivity contribution in [2.45, 2.75) is 27.2 Å². The van der Waals surface area contributed by atoms with Crippen molar-refractivity contribution in [3.8, 4) is 17.2 Å². The monoisotopic (exact) mass is 526 g/mol. The number of carbonyl (C=O) groups excluding carboxylic acids is 1. The van der Waals surface area contributed by atoms with Crippen LogP contribution in [0.2, 0.25) is 0 Å². The van der Waals surface area contributed by atoms with Gasteiger partial charge in [-0.15, -0.1) is 0 Å². The number of carbonyl (C=O) groups is 1. The lowest BCUT2D eigenvalue weighted by Crippen LogP contribution is -2.18. The van der Waals surface area contributed by atoms with Gasteiger partial charge >= 0.3 is 0 Å². The van der Waals surface area contributed by atoms with Crippen molar-refractivity contribution < 1.29 is 19.0 Å². The first-order valence-corrected chi connectivity index (χ1v) is 10.9. The number of rotatable bonds is 10. The molecule has 0 bridgehead atoms. The Kier molecular flexibility index (Phi) is 9.47. The molecule has 0 aliphatic rings. The summed E-state index contributed by atoms with van der Waals surface area (Å²) in [6.07, 6.45) is 2.43. The first kappa shape index (κ1) is 23.2. The zero-order valence-corrected chi connectivity index (χ0v) is 19.8. The van der Waals surface area contributed by atoms with E-state index >= 15 is 0 Å². The third-order valence-electron chi connectivity index (χ3n) is 3.66. The van der Waals surface area contributed by atoms with Crippen LogP contribution < -0.4 is 19.6 Å². The van der Waals surface area contributed by atoms with E-state index in [0.717, 1.165) is 20.9 Å². The standard InChI is InChI=1S/C21H24Br2N2O4/c1-4-9-29-18-8-7-14(11-19(18)27-5-2)21(26)25-24-13-15-10-16(22)12-17(23)20(15)28-6-3/h7-8,10-13H,4-6,9H2,1-3H3,(H,25,26)/b24-13+. The molecule has 2 rings (SSSR count). The van der Waals surface area contributed by atoms with Crippen molar-refractivity contribution in [2.24, 2.45) is 5.10 Å². The van der Waals surface area contributed by atoms with E-state index in [-0.39, 0.29) is 5.91 Å². The molecular formula is C21H24Br2N2O4. The highest BCUT2D eigenvalue weighted by atomic mass is 79.9. The van der Waals surface area contributed by atoms with E-state index in [2.05, 4.69) is 42.4 Å². The molecule has 1 N–H and O–H groups in total. The van der Waals surface area contributed by atoms with Gasteiger partial charge in [0.05, 0.1) is 30.5 Å². The zero-order valence-electron chi connectivity index (χ0n) is 16.6. The van der Waals surface area contributed by atoms with Gasteiger partial charge in [-0.25, -0.2) is 5.43 Å². The van der Waals surface area contributed by atoms with Gasteiger partial charge in [-0.05, 0) is 66.5 Å². The number of hydrazone groups is 1. The van der Waals surface area contributed by atoms with Crippen molar-refractivity contribution in [2.75, 3.05) is 19.8 Å². The van der Waals surface area contributed by atoms with Gasteiger partial charge in [0.2, 0.25) is 0 Å². The fourth-order valence-corrected chi connectivity index (χ4v) is 3.82. The van der Waals surface area contributed by atoms with E-state index < -0.39 is 0 Å². The van der Waals surface area contributed by atoms with E-state index in [0.29, 0.717) is 42.6 Å². The summed E-state index contributed by atoms with van der Waals surface area (Å²) in [4.78, 5) is 12.5. The highest BCUT2D eigenvalue weighted by Gasteiger charge is 2.12. The summed E-state index contributed by atoms with van der Waals surface area (Å²) in [7, 11) is 0. The number of nitrogens with one attached hydrogen (secondary N) is 1. The van der Waals surface area contributed by atoms with Crippen LogP contribution in [0.1, 0.15) is 43.1 Å². The molecule has 0 fully saturated rings. The van der Waals surface area contributed by atoms with E-state index in [1.54, 1.807) is 24.4 Å². The zero-order chi connectivity index (χ0) is 21.2. The molecular weight excluding hydrogens is 504 g/mol. The van der Waals surface area contributed by atoms with E-state index in [9.17, 15) is 4.79 Å². The molecule has 0 heterocycles. The fraction of sp³-hybridized carbons (Fsp3) is 0.333. The average molecular weight is 528 g/mol. The summed E-state index contributed by atoms with van der Waals surface area (Å²) in [5.74, 6) is 1.46. The second-order valence-corrected chi connectivity index (χ2v) is 7.65. The van der Waals surface area contributed by atoms with Gasteiger partial charge in [-0.1, -0.05) is 22.9 Å². The third kappa shape index (κ3) is 6.75. The van der Waals surface area contributed by atoms with Crippen LogP contribution >= 0.6 is 31.9 Å². The minimum absolute atomic E-state index is 0.351. The maximum Gasteiger partial charge on any atom is 0.271 e. The Labute approximate surface area is 187 Å². The van der Waals surface area contributed by atoms with Crippen LogP contribution in [0.4, 0.5) is 0 Å². The molecule has 0 radical (unpaired) electrons. The molecule has 156 valence electrons. The minimum atomic E-state index is -0.351. The van der Waals surface area contributed by atoms with Crippen molar-refractivity contribution >= 4 is 44.0 Å². The topological polar surface area (TPSA) is 69.2 Å². The molecule has 0 atom stereocenters. The van der Waals surface area contributed by atoms with Crippen LogP contribution in [0.5, 0.6) is 17.2 Å². The van der Waals surface area contributed by atoms with E-state index in [1.165, 1.54) is 0 Å². The summed E-state index contributed by atoms with van der Waals surface area (Å²) in [5.41, 5.74) is 3.69. The van der Waals surface area contributed by atoms with Gasteiger partial charge in [-0.3, -0.25) is 4.79 Å². The van der Waals surface area contributed by atoms with Crippen LogP contribution in [-0.2, 0) is 0 Å². The largest absolute Gasteiger partial charge is 0.492 e. The quantitative estimate of drug-likeness (QED) is 0.324. The van der Waals surface area contributed by atoms with E-state index in [4.69, 9.17) is 14.2 Å². The normalized spacial score (nSPS) is 10.8. The van der Waals surface area contributed by atoms with Gasteiger partial charge in [0.15, 0.2) is 11.5 Å². The summed E-state index contributed by atoms with van der Waals surface area (Å²) >= 11 is 6.92. The van der Waals surface area contributed by atoms with E-state index in [1.807, 2.05) is 32.9 Å². The smallest absolute Gasteiger partial charge is 0.271 e. The lowest BCUT2D eigenvalue weighted by atomic mass is 10.2. The van der Waals surface area contributed by atoms with Crippen molar-refractivity contribution in [1.29, 1.82) is 0 Å². The van der Waals surface area contributed by atoms with Crippen LogP contribution in [0.3, 0.4) is 0 Å². The Hall–Kier alpha value is -2.06. The molecule has 8 heteroatoms. The van der Waals surface area contributed by atoms with Crippen LogP contribution in [0, 0.1) is 0 Å². The molecule has 29 heavy (non-hydrogen) atoms. The van der Waals surface area contributed by atoms with Gasteiger partial charge < -0.3 is 14.2 Å². The van der Waals surface area contributed by atoms with Crippen LogP contribution in [-0.4, -0.2) is 31.9 Å². The lowest BCUT2D eigenvalue weighted by Gasteiger charge is -2.12. The molecule has 0 spiro atoms. The van der Waals surface area contributed by atoms with Crippen molar-refractivity contribution in [1.82, 2.24) is 5.43 Å². The van der Waals surface area contributed by atoms with Gasteiger partial charge in [-0.2, -0.15) is 5.10 Å². The molecule has 0 aromatic heterocycles. The van der Waals surface area contributed by atoms with Gasteiger partial charge in [0.25, 0.3) is 5.91 Å². The Balaban J connectivity index is 2.15. The number of hydrogen-bond acceptors (Lipinski definition) is 5. The highest BCUT2D eigenvalue weighted by Crippen LogP contribution is 2.32. The Morgan fingerprint density at radius 1 is 1.03 bits per heavy atom. The number of ether oxygens (including phenoxy) is 3. The summed E-state index contributed by atoms with van der Waals surface area (Å²) in [6.45, 7) is 7.39. The second kappa shape index (κ2) is 11.8. The third-order valence-corrected chi connectivity index (χ3v) is 4.71. The summed E-state index contributed by atoms with van der Waals surface area (Å²) in [5, 5.41) is 4.07. The first-order valence-electron chi connectivity index (χ1n) is 9.35.